The number of fused-ring (bicyclic) bond motifs is 20. The summed E-state index contributed by atoms with van der Waals surface area (Å²) in [6.45, 7) is 0. The van der Waals surface area contributed by atoms with Crippen LogP contribution in [-0.4, -0.2) is 79.6 Å². The number of hydrogen-bond acceptors (Lipinski definition) is 14. The minimum atomic E-state index is 0. The molecule has 0 saturated heterocycles. The van der Waals surface area contributed by atoms with E-state index in [9.17, 15) is 0 Å². The third-order valence-corrected chi connectivity index (χ3v) is 17.2. The van der Waals surface area contributed by atoms with Crippen LogP contribution in [0.4, 0.5) is 45.5 Å². The van der Waals surface area contributed by atoms with Crippen molar-refractivity contribution in [3.63, 3.8) is 0 Å². The zero-order valence-electron chi connectivity index (χ0n) is 56.2. The van der Waals surface area contributed by atoms with E-state index in [-0.39, 0.29) is 65.4 Å². The van der Waals surface area contributed by atoms with Crippen LogP contribution in [-0.2, 0) is 19.5 Å². The Hall–Kier alpha value is -14.0. The van der Waals surface area contributed by atoms with E-state index in [1.807, 2.05) is 341 Å². The van der Waals surface area contributed by atoms with Gasteiger partial charge in [0.15, 0.2) is 0 Å². The quantitative estimate of drug-likeness (QED) is 0.0670. The maximum Gasteiger partial charge on any atom is 2.00 e. The third-order valence-electron chi connectivity index (χ3n) is 17.2. The molecule has 16 nitrogen and oxygen atoms in total. The minimum absolute atomic E-state index is 0. The molecule has 5 heterocycles. The van der Waals surface area contributed by atoms with E-state index in [1.165, 1.54) is 0 Å². The first kappa shape index (κ1) is 65.6. The smallest absolute Gasteiger partial charge is 0.357 e. The van der Waals surface area contributed by atoms with Gasteiger partial charge in [0.05, 0.1) is 68.8 Å². The molecule has 0 amide bonds. The molecule has 0 aliphatic carbocycles. The zero-order chi connectivity index (χ0) is 69.4. The number of benzene rings is 12. The summed E-state index contributed by atoms with van der Waals surface area (Å²) in [5, 5.41) is 2.28. The molecule has 0 N–H and O–H groups in total. The number of hydrogen-bond donors (Lipinski definition) is 0. The van der Waals surface area contributed by atoms with Crippen molar-refractivity contribution in [3.8, 4) is 45.6 Å². The maximum absolute atomic E-state index is 5.59. The molecule has 0 fully saturated rings. The summed E-state index contributed by atoms with van der Waals surface area (Å²) in [5.41, 5.74) is 14.8. The van der Waals surface area contributed by atoms with Gasteiger partial charge in [0, 0.05) is 105 Å². The van der Waals surface area contributed by atoms with Gasteiger partial charge >= 0.3 is 19.5 Å². The van der Waals surface area contributed by atoms with Crippen molar-refractivity contribution in [2.24, 2.45) is 39.9 Å². The van der Waals surface area contributed by atoms with E-state index in [4.69, 9.17) is 79.8 Å². The molecule has 0 spiro atoms. The van der Waals surface area contributed by atoms with Crippen LogP contribution in [0.2, 0.25) is 0 Å². The molecule has 0 radical (unpaired) electrons. The Morgan fingerprint density at radius 1 is 0.219 bits per heavy atom. The fourth-order valence-electron chi connectivity index (χ4n) is 12.2. The van der Waals surface area contributed by atoms with E-state index in [0.29, 0.717) is 89.3 Å². The topological polar surface area (TPSA) is 204 Å². The van der Waals surface area contributed by atoms with E-state index < -0.39 is 0 Å². The van der Waals surface area contributed by atoms with Crippen molar-refractivity contribution in [2.75, 3.05) is 0 Å². The largest absolute Gasteiger partial charge is 2.00 e. The van der Waals surface area contributed by atoms with Crippen molar-refractivity contribution in [2.45, 2.75) is 0 Å². The summed E-state index contributed by atoms with van der Waals surface area (Å²) in [7, 11) is 0. The molecule has 3 aromatic heterocycles. The minimum Gasteiger partial charge on any atom is -0.357 e. The van der Waals surface area contributed by atoms with Crippen molar-refractivity contribution in [1.82, 2.24) is 39.9 Å². The molecule has 12 aromatic carbocycles. The molecule has 0 atom stereocenters. The standard InChI is InChI=1S/C88H56N16.Zn/c1-9-25-57(26-10-1)49-89-65-41-69-77(73(45-65)93-53-61-33-17-5-18-34-61)85-97-81(69)101-86-78-70(42-66(90-50-58-27-11-2-12-28-58)46-74(78)94-54-62-35-19-6-20-36-62)83(98-86)103-88-80-72(44-68(92-52-60-31-15-4-16-32-60)48-76(80)96-56-64-39-23-8-24-40-64)84(100-88)104-87-79-71(82(99-87)102-85)43-67(91-51-59-29-13-3-14-30-59)47-75(79)95-55-63-37-21-7-22-38-63;/h1-56H;/q-2;+2. The summed E-state index contributed by atoms with van der Waals surface area (Å²) >= 11 is 0. The normalized spacial score (nSPS) is 12.2. The first-order chi connectivity index (χ1) is 51.5. The van der Waals surface area contributed by atoms with Crippen molar-refractivity contribution >= 4 is 139 Å². The van der Waals surface area contributed by atoms with E-state index in [2.05, 4.69) is 0 Å². The second-order valence-corrected chi connectivity index (χ2v) is 24.4. The van der Waals surface area contributed by atoms with Crippen molar-refractivity contribution < 1.29 is 19.5 Å². The van der Waals surface area contributed by atoms with Crippen LogP contribution < -0.4 is 9.97 Å². The second-order valence-electron chi connectivity index (χ2n) is 24.4. The molecule has 2 aliphatic rings. The molecule has 8 bridgehead atoms. The van der Waals surface area contributed by atoms with Crippen LogP contribution in [0.3, 0.4) is 0 Å². The predicted octanol–water partition coefficient (Wildman–Crippen LogP) is 20.1. The SMILES string of the molecule is C(=Nc1cc(N=Cc2ccccc2)c2c(c1)-c1nc-2nc2[n-]c(nc3nc(nc4[n-]c(n1)c1c(N=Cc5ccccc5)cc(N=Cc5ccccc5)cc41)-c1c(N=Cc4ccccc4)cc(N=Cc4ccccc4)cc1-3)c1c(N=Cc3ccccc3)cc(N=Cc3ccccc3)cc21)c1ccccc1.[Zn+2]. The fourth-order valence-corrected chi connectivity index (χ4v) is 12.2. The van der Waals surface area contributed by atoms with E-state index in [1.54, 1.807) is 0 Å². The van der Waals surface area contributed by atoms with Gasteiger partial charge in [-0.2, -0.15) is 0 Å². The van der Waals surface area contributed by atoms with Crippen LogP contribution in [0.25, 0.3) is 89.7 Å². The summed E-state index contributed by atoms with van der Waals surface area (Å²) in [6, 6.07) is 94.9. The molecular formula is C88H56N16Zn. The van der Waals surface area contributed by atoms with E-state index in [0.717, 1.165) is 44.5 Å². The number of nitrogens with zero attached hydrogens (tertiary/aromatic N) is 16. The second kappa shape index (κ2) is 30.0. The molecule has 15 aromatic rings. The van der Waals surface area contributed by atoms with Gasteiger partial charge in [0.25, 0.3) is 0 Å². The molecule has 0 saturated carbocycles. The molecule has 0 unspecified atom stereocenters. The Morgan fingerprint density at radius 2 is 0.448 bits per heavy atom. The van der Waals surface area contributed by atoms with Gasteiger partial charge in [-0.3, -0.25) is 39.9 Å². The predicted molar refractivity (Wildman–Crippen MR) is 424 cm³/mol. The van der Waals surface area contributed by atoms with Crippen LogP contribution >= 0.6 is 0 Å². The monoisotopic (exact) mass is 1400 g/mol. The van der Waals surface area contributed by atoms with Gasteiger partial charge in [-0.1, -0.05) is 243 Å². The molecule has 17 rings (SSSR count). The Bertz CT molecular complexity index is 5800. The van der Waals surface area contributed by atoms with Crippen LogP contribution in [0.1, 0.15) is 44.5 Å². The summed E-state index contributed by atoms with van der Waals surface area (Å²) in [5.74, 6) is 1.03. The van der Waals surface area contributed by atoms with Gasteiger partial charge in [-0.05, 0) is 104 Å². The Kier molecular flexibility index (Phi) is 18.8. The molecule has 490 valence electrons. The van der Waals surface area contributed by atoms with Crippen LogP contribution in [0.15, 0.2) is 331 Å². The summed E-state index contributed by atoms with van der Waals surface area (Å²) < 4.78 is 0. The summed E-state index contributed by atoms with van der Waals surface area (Å²) in [6.07, 6.45) is 14.6. The van der Waals surface area contributed by atoms with Crippen molar-refractivity contribution in [3.05, 3.63) is 336 Å². The van der Waals surface area contributed by atoms with Crippen molar-refractivity contribution in [1.29, 1.82) is 0 Å². The fraction of sp³-hybridized carbons (Fsp3) is 0. The zero-order valence-corrected chi connectivity index (χ0v) is 59.2. The average Bonchev–Trinajstić information content (AvgIpc) is 1.58. The Morgan fingerprint density at radius 3 is 0.724 bits per heavy atom. The first-order valence-corrected chi connectivity index (χ1v) is 33.6. The number of aliphatic imine (C=N–C) groups is 8. The van der Waals surface area contributed by atoms with Gasteiger partial charge < -0.3 is 29.9 Å². The summed E-state index contributed by atoms with van der Waals surface area (Å²) in [4.78, 5) is 85.7. The maximum atomic E-state index is 5.59. The molecular weight excluding hydrogens is 1350 g/mol. The molecule has 2 aliphatic heterocycles. The van der Waals surface area contributed by atoms with Gasteiger partial charge in [0.2, 0.25) is 0 Å². The first-order valence-electron chi connectivity index (χ1n) is 33.6. The average molecular weight is 1400 g/mol. The van der Waals surface area contributed by atoms with E-state index >= 15 is 0 Å². The van der Waals surface area contributed by atoms with Crippen LogP contribution in [0, 0.1) is 0 Å². The number of aromatic nitrogens is 8. The van der Waals surface area contributed by atoms with Crippen LogP contribution in [0.5, 0.6) is 0 Å². The number of rotatable bonds is 16. The van der Waals surface area contributed by atoms with Gasteiger partial charge in [0.1, 0.15) is 0 Å². The molecule has 105 heavy (non-hydrogen) atoms. The molecule has 17 heteroatoms. The van der Waals surface area contributed by atoms with Gasteiger partial charge in [-0.25, -0.2) is 9.97 Å². The van der Waals surface area contributed by atoms with Gasteiger partial charge in [-0.15, -0.1) is 0 Å². The Labute approximate surface area is 616 Å². The Balaban J connectivity index is 0.00000847. The third kappa shape index (κ3) is 14.7.